The summed E-state index contributed by atoms with van der Waals surface area (Å²) in [4.78, 5) is 24.8. The van der Waals surface area contributed by atoms with Crippen LogP contribution in [0, 0.1) is 13.8 Å². The maximum atomic E-state index is 11.4. The lowest BCUT2D eigenvalue weighted by molar-refractivity contribution is 0.0697. The second-order valence-corrected chi connectivity index (χ2v) is 5.26. The van der Waals surface area contributed by atoms with E-state index in [1.54, 1.807) is 0 Å². The number of carbonyl (C=O) groups is 1. The Balaban J connectivity index is 2.19. The predicted molar refractivity (Wildman–Crippen MR) is 87.1 cm³/mol. The molecular weight excluding hydrogens is 290 g/mol. The number of aryl methyl sites for hydroxylation is 2. The monoisotopic (exact) mass is 305 g/mol. The summed E-state index contributed by atoms with van der Waals surface area (Å²) in [7, 11) is 0. The summed E-state index contributed by atoms with van der Waals surface area (Å²) < 4.78 is 0. The van der Waals surface area contributed by atoms with Gasteiger partial charge in [-0.25, -0.2) is 9.78 Å². The molecule has 0 aromatic carbocycles. The first-order valence-corrected chi connectivity index (χ1v) is 7.16. The zero-order valence-corrected chi connectivity index (χ0v) is 12.8. The summed E-state index contributed by atoms with van der Waals surface area (Å²) in [6, 6.07) is 14.2. The van der Waals surface area contributed by atoms with Gasteiger partial charge in [0.15, 0.2) is 0 Å². The van der Waals surface area contributed by atoms with Gasteiger partial charge in [0.05, 0.1) is 28.3 Å². The predicted octanol–water partition coefficient (Wildman–Crippen LogP) is 3.52. The molecule has 5 heteroatoms. The van der Waals surface area contributed by atoms with Gasteiger partial charge in [0.1, 0.15) is 0 Å². The van der Waals surface area contributed by atoms with E-state index >= 15 is 0 Å². The molecule has 0 atom stereocenters. The third-order valence-electron chi connectivity index (χ3n) is 3.37. The third-order valence-corrected chi connectivity index (χ3v) is 3.37. The zero-order valence-electron chi connectivity index (χ0n) is 12.8. The van der Waals surface area contributed by atoms with Crippen LogP contribution in [0.25, 0.3) is 22.8 Å². The number of nitrogens with zero attached hydrogens (tertiary/aromatic N) is 3. The van der Waals surface area contributed by atoms with Gasteiger partial charge in [-0.15, -0.1) is 0 Å². The van der Waals surface area contributed by atoms with Crippen LogP contribution >= 0.6 is 0 Å². The highest BCUT2D eigenvalue weighted by molar-refractivity contribution is 5.90. The summed E-state index contributed by atoms with van der Waals surface area (Å²) in [5.41, 5.74) is 4.18. The largest absolute Gasteiger partial charge is 0.478 e. The Morgan fingerprint density at radius 1 is 0.783 bits per heavy atom. The number of pyridine rings is 3. The summed E-state index contributed by atoms with van der Waals surface area (Å²) in [6.45, 7) is 3.77. The molecule has 0 unspecified atom stereocenters. The van der Waals surface area contributed by atoms with Crippen LogP contribution in [0.2, 0.25) is 0 Å². The average Bonchev–Trinajstić information content (AvgIpc) is 2.54. The standard InChI is InChI=1S/C18H15N3O2/c1-11-5-3-7-14(19-11)16-9-13(18(22)23)10-17(21-16)15-8-4-6-12(2)20-15/h3-10H,1-2H3,(H,22,23). The van der Waals surface area contributed by atoms with Crippen molar-refractivity contribution in [1.82, 2.24) is 15.0 Å². The maximum Gasteiger partial charge on any atom is 0.335 e. The van der Waals surface area contributed by atoms with Crippen molar-refractivity contribution in [1.29, 1.82) is 0 Å². The fraction of sp³-hybridized carbons (Fsp3) is 0.111. The summed E-state index contributed by atoms with van der Waals surface area (Å²) >= 11 is 0. The fourth-order valence-electron chi connectivity index (χ4n) is 2.29. The van der Waals surface area contributed by atoms with Gasteiger partial charge in [-0.1, -0.05) is 12.1 Å². The normalized spacial score (nSPS) is 10.5. The van der Waals surface area contributed by atoms with Crippen molar-refractivity contribution in [3.8, 4) is 22.8 Å². The van der Waals surface area contributed by atoms with Gasteiger partial charge >= 0.3 is 5.97 Å². The number of carboxylic acid groups (broad SMARTS) is 1. The highest BCUT2D eigenvalue weighted by Crippen LogP contribution is 2.23. The van der Waals surface area contributed by atoms with E-state index in [2.05, 4.69) is 15.0 Å². The van der Waals surface area contributed by atoms with E-state index in [9.17, 15) is 9.90 Å². The second-order valence-electron chi connectivity index (χ2n) is 5.26. The molecule has 0 saturated heterocycles. The first-order valence-electron chi connectivity index (χ1n) is 7.16. The molecule has 0 bridgehead atoms. The highest BCUT2D eigenvalue weighted by atomic mass is 16.4. The van der Waals surface area contributed by atoms with Crippen molar-refractivity contribution in [3.05, 3.63) is 65.5 Å². The lowest BCUT2D eigenvalue weighted by atomic mass is 10.1. The Bertz CT molecular complexity index is 827. The molecule has 0 aliphatic rings. The Kier molecular flexibility index (Phi) is 3.85. The number of hydrogen-bond acceptors (Lipinski definition) is 4. The topological polar surface area (TPSA) is 76.0 Å². The van der Waals surface area contributed by atoms with E-state index in [1.165, 1.54) is 12.1 Å². The van der Waals surface area contributed by atoms with Gasteiger partial charge in [0.2, 0.25) is 0 Å². The van der Waals surface area contributed by atoms with Crippen molar-refractivity contribution < 1.29 is 9.90 Å². The smallest absolute Gasteiger partial charge is 0.335 e. The first-order chi connectivity index (χ1) is 11.0. The number of aromatic carboxylic acids is 1. The molecule has 0 radical (unpaired) electrons. The van der Waals surface area contributed by atoms with Gasteiger partial charge in [-0.3, -0.25) is 9.97 Å². The number of aromatic nitrogens is 3. The molecule has 1 N–H and O–H groups in total. The summed E-state index contributed by atoms with van der Waals surface area (Å²) in [5.74, 6) is -1.00. The minimum Gasteiger partial charge on any atom is -0.478 e. The minimum absolute atomic E-state index is 0.164. The molecule has 0 amide bonds. The van der Waals surface area contributed by atoms with Crippen molar-refractivity contribution >= 4 is 5.97 Å². The molecule has 0 aliphatic heterocycles. The van der Waals surface area contributed by atoms with Crippen molar-refractivity contribution in [2.45, 2.75) is 13.8 Å². The fourth-order valence-corrected chi connectivity index (χ4v) is 2.29. The van der Waals surface area contributed by atoms with Crippen LogP contribution in [-0.2, 0) is 0 Å². The zero-order chi connectivity index (χ0) is 16.4. The molecule has 3 aromatic rings. The lowest BCUT2D eigenvalue weighted by Crippen LogP contribution is -2.01. The van der Waals surface area contributed by atoms with E-state index in [4.69, 9.17) is 0 Å². The Morgan fingerprint density at radius 3 is 1.65 bits per heavy atom. The Labute approximate surface area is 133 Å². The quantitative estimate of drug-likeness (QED) is 0.801. The molecule has 23 heavy (non-hydrogen) atoms. The highest BCUT2D eigenvalue weighted by Gasteiger charge is 2.13. The van der Waals surface area contributed by atoms with Gasteiger partial charge in [0, 0.05) is 11.4 Å². The Hall–Kier alpha value is -3.08. The summed E-state index contributed by atoms with van der Waals surface area (Å²) in [6.07, 6.45) is 0. The van der Waals surface area contributed by atoms with Crippen LogP contribution in [0.5, 0.6) is 0 Å². The molecule has 0 fully saturated rings. The van der Waals surface area contributed by atoms with Gasteiger partial charge in [0.25, 0.3) is 0 Å². The number of rotatable bonds is 3. The van der Waals surface area contributed by atoms with E-state index in [-0.39, 0.29) is 5.56 Å². The molecule has 3 heterocycles. The van der Waals surface area contributed by atoms with E-state index < -0.39 is 5.97 Å². The maximum absolute atomic E-state index is 11.4. The Morgan fingerprint density at radius 2 is 1.26 bits per heavy atom. The van der Waals surface area contributed by atoms with Crippen LogP contribution in [0.3, 0.4) is 0 Å². The third kappa shape index (κ3) is 3.23. The molecule has 3 aromatic heterocycles. The molecule has 114 valence electrons. The van der Waals surface area contributed by atoms with Crippen molar-refractivity contribution in [2.75, 3.05) is 0 Å². The number of hydrogen-bond donors (Lipinski definition) is 1. The van der Waals surface area contributed by atoms with E-state index in [0.29, 0.717) is 22.8 Å². The van der Waals surface area contributed by atoms with E-state index in [1.807, 2.05) is 50.2 Å². The van der Waals surface area contributed by atoms with Crippen LogP contribution in [0.4, 0.5) is 0 Å². The van der Waals surface area contributed by atoms with Gasteiger partial charge < -0.3 is 5.11 Å². The lowest BCUT2D eigenvalue weighted by Gasteiger charge is -2.07. The van der Waals surface area contributed by atoms with Crippen LogP contribution in [0.1, 0.15) is 21.7 Å². The summed E-state index contributed by atoms with van der Waals surface area (Å²) in [5, 5.41) is 9.37. The molecule has 0 saturated carbocycles. The van der Waals surface area contributed by atoms with Crippen molar-refractivity contribution in [2.24, 2.45) is 0 Å². The van der Waals surface area contributed by atoms with E-state index in [0.717, 1.165) is 11.4 Å². The van der Waals surface area contributed by atoms with Crippen LogP contribution in [-0.4, -0.2) is 26.0 Å². The molecule has 0 aliphatic carbocycles. The second kappa shape index (κ2) is 5.96. The molecule has 3 rings (SSSR count). The minimum atomic E-state index is -1.00. The molecule has 5 nitrogen and oxygen atoms in total. The average molecular weight is 305 g/mol. The molecule has 0 spiro atoms. The first kappa shape index (κ1) is 14.8. The SMILES string of the molecule is Cc1cccc(-c2cc(C(=O)O)cc(-c3cccc(C)n3)n2)n1. The van der Waals surface area contributed by atoms with Crippen LogP contribution in [0.15, 0.2) is 48.5 Å². The van der Waals surface area contributed by atoms with Gasteiger partial charge in [-0.2, -0.15) is 0 Å². The van der Waals surface area contributed by atoms with Crippen molar-refractivity contribution in [3.63, 3.8) is 0 Å². The van der Waals surface area contributed by atoms with Crippen LogP contribution < -0.4 is 0 Å². The number of carboxylic acids is 1. The molecular formula is C18H15N3O2. The van der Waals surface area contributed by atoms with Gasteiger partial charge in [-0.05, 0) is 50.2 Å².